The molecule has 1 aliphatic heterocycles. The number of hydrogen-bond acceptors (Lipinski definition) is 3. The van der Waals surface area contributed by atoms with Crippen LogP contribution in [0, 0.1) is 6.92 Å². The van der Waals surface area contributed by atoms with Gasteiger partial charge in [0.15, 0.2) is 0 Å². The van der Waals surface area contributed by atoms with Crippen molar-refractivity contribution in [1.82, 2.24) is 5.32 Å². The Morgan fingerprint density at radius 1 is 1.21 bits per heavy atom. The van der Waals surface area contributed by atoms with E-state index in [1.807, 2.05) is 11.3 Å². The fourth-order valence-electron chi connectivity index (χ4n) is 2.62. The summed E-state index contributed by atoms with van der Waals surface area (Å²) in [6.45, 7) is 6.80. The maximum Gasteiger partial charge on any atom is 0.0725 e. The van der Waals surface area contributed by atoms with Crippen LogP contribution in [0.15, 0.2) is 29.6 Å². The van der Waals surface area contributed by atoms with E-state index in [2.05, 4.69) is 48.8 Å². The molecule has 2 heterocycles. The predicted octanol–water partition coefficient (Wildman–Crippen LogP) is 3.79. The van der Waals surface area contributed by atoms with Crippen LogP contribution in [0.2, 0.25) is 0 Å². The molecule has 0 aliphatic carbocycles. The Kier molecular flexibility index (Phi) is 3.69. The molecule has 2 aromatic rings. The molecule has 0 radical (unpaired) electrons. The van der Waals surface area contributed by atoms with Crippen molar-refractivity contribution in [2.45, 2.75) is 33.1 Å². The van der Waals surface area contributed by atoms with Crippen molar-refractivity contribution in [2.75, 3.05) is 6.54 Å². The van der Waals surface area contributed by atoms with Crippen molar-refractivity contribution in [3.8, 4) is 0 Å². The second-order valence-corrected chi connectivity index (χ2v) is 6.12. The number of rotatable bonds is 4. The Morgan fingerprint density at radius 3 is 2.79 bits per heavy atom. The first-order chi connectivity index (χ1) is 9.28. The van der Waals surface area contributed by atoms with Crippen LogP contribution in [-0.4, -0.2) is 6.54 Å². The highest BCUT2D eigenvalue weighted by Crippen LogP contribution is 2.29. The third-order valence-electron chi connectivity index (χ3n) is 3.57. The minimum absolute atomic E-state index is 0.292. The number of aryl methyl sites for hydroxylation is 1. The van der Waals surface area contributed by atoms with E-state index in [0.29, 0.717) is 6.04 Å². The first-order valence-electron chi connectivity index (χ1n) is 6.76. The van der Waals surface area contributed by atoms with Crippen LogP contribution >= 0.6 is 11.3 Å². The minimum atomic E-state index is 0.292. The largest absolute Gasteiger partial charge is 0.372 e. The summed E-state index contributed by atoms with van der Waals surface area (Å²) in [4.78, 5) is 1.36. The van der Waals surface area contributed by atoms with Gasteiger partial charge in [-0.05, 0) is 47.2 Å². The first-order valence-corrected chi connectivity index (χ1v) is 7.63. The predicted molar refractivity (Wildman–Crippen MR) is 79.5 cm³/mol. The molecule has 3 heteroatoms. The Bertz CT molecular complexity index is 576. The van der Waals surface area contributed by atoms with Crippen LogP contribution in [0.5, 0.6) is 0 Å². The molecule has 0 spiro atoms. The van der Waals surface area contributed by atoms with Crippen LogP contribution < -0.4 is 5.32 Å². The van der Waals surface area contributed by atoms with Crippen LogP contribution in [-0.2, 0) is 18.0 Å². The highest BCUT2D eigenvalue weighted by Gasteiger charge is 2.18. The van der Waals surface area contributed by atoms with Crippen LogP contribution in [0.25, 0.3) is 0 Å². The third kappa shape index (κ3) is 2.59. The second-order valence-electron chi connectivity index (χ2n) is 5.00. The van der Waals surface area contributed by atoms with Gasteiger partial charge in [-0.25, -0.2) is 0 Å². The highest BCUT2D eigenvalue weighted by molar-refractivity contribution is 7.10. The number of nitrogens with one attached hydrogen (secondary N) is 1. The zero-order chi connectivity index (χ0) is 13.2. The molecule has 1 N–H and O–H groups in total. The van der Waals surface area contributed by atoms with Crippen LogP contribution in [0.4, 0.5) is 0 Å². The van der Waals surface area contributed by atoms with Crippen molar-refractivity contribution < 1.29 is 4.74 Å². The molecule has 0 bridgehead atoms. The highest BCUT2D eigenvalue weighted by atomic mass is 32.1. The molecule has 3 rings (SSSR count). The summed E-state index contributed by atoms with van der Waals surface area (Å²) in [7, 11) is 0. The van der Waals surface area contributed by atoms with E-state index in [1.54, 1.807) is 0 Å². The Labute approximate surface area is 118 Å². The lowest BCUT2D eigenvalue weighted by Crippen LogP contribution is -2.21. The van der Waals surface area contributed by atoms with E-state index in [1.165, 1.54) is 27.1 Å². The summed E-state index contributed by atoms with van der Waals surface area (Å²) in [6, 6.07) is 9.31. The molecule has 100 valence electrons. The maximum atomic E-state index is 5.50. The summed E-state index contributed by atoms with van der Waals surface area (Å²) in [5.41, 5.74) is 5.37. The Balaban J connectivity index is 1.95. The van der Waals surface area contributed by atoms with Gasteiger partial charge in [-0.2, -0.15) is 0 Å². The summed E-state index contributed by atoms with van der Waals surface area (Å²) in [5.74, 6) is 0. The standard InChI is InChI=1S/C16H19NOS/c1-3-17-16(15-6-11(2)19-10-15)12-4-5-13-8-18-9-14(13)7-12/h4-7,10,16-17H,3,8-9H2,1-2H3. The number of fused-ring (bicyclic) bond motifs is 1. The van der Waals surface area contributed by atoms with Crippen molar-refractivity contribution in [3.05, 3.63) is 56.8 Å². The van der Waals surface area contributed by atoms with E-state index in [9.17, 15) is 0 Å². The summed E-state index contributed by atoms with van der Waals surface area (Å²) in [6.07, 6.45) is 0. The van der Waals surface area contributed by atoms with Gasteiger partial charge in [0.25, 0.3) is 0 Å². The average Bonchev–Trinajstić information content (AvgIpc) is 3.03. The molecular formula is C16H19NOS. The molecule has 1 unspecified atom stereocenters. The summed E-state index contributed by atoms with van der Waals surface area (Å²) >= 11 is 1.81. The normalized spacial score (nSPS) is 15.5. The van der Waals surface area contributed by atoms with Gasteiger partial charge in [0.1, 0.15) is 0 Å². The molecule has 19 heavy (non-hydrogen) atoms. The molecule has 0 amide bonds. The monoisotopic (exact) mass is 273 g/mol. The summed E-state index contributed by atoms with van der Waals surface area (Å²) in [5, 5.41) is 5.84. The Hall–Kier alpha value is -1.16. The smallest absolute Gasteiger partial charge is 0.0725 e. The molecule has 0 saturated carbocycles. The van der Waals surface area contributed by atoms with Crippen LogP contribution in [0.1, 0.15) is 40.1 Å². The lowest BCUT2D eigenvalue weighted by molar-refractivity contribution is 0.134. The number of thiophene rings is 1. The van der Waals surface area contributed by atoms with Gasteiger partial charge in [0, 0.05) is 4.88 Å². The quantitative estimate of drug-likeness (QED) is 0.915. The number of hydrogen-bond donors (Lipinski definition) is 1. The fourth-order valence-corrected chi connectivity index (χ4v) is 3.35. The topological polar surface area (TPSA) is 21.3 Å². The lowest BCUT2D eigenvalue weighted by Gasteiger charge is -2.18. The summed E-state index contributed by atoms with van der Waals surface area (Å²) < 4.78 is 5.50. The zero-order valence-corrected chi connectivity index (χ0v) is 12.2. The van der Waals surface area contributed by atoms with Crippen LogP contribution in [0.3, 0.4) is 0 Å². The van der Waals surface area contributed by atoms with Crippen molar-refractivity contribution in [3.63, 3.8) is 0 Å². The van der Waals surface area contributed by atoms with Gasteiger partial charge in [-0.15, -0.1) is 11.3 Å². The third-order valence-corrected chi connectivity index (χ3v) is 4.45. The van der Waals surface area contributed by atoms with Gasteiger partial charge < -0.3 is 10.1 Å². The van der Waals surface area contributed by atoms with Crippen molar-refractivity contribution in [2.24, 2.45) is 0 Å². The molecule has 0 saturated heterocycles. The molecule has 2 nitrogen and oxygen atoms in total. The van der Waals surface area contributed by atoms with Gasteiger partial charge in [-0.3, -0.25) is 0 Å². The molecule has 0 fully saturated rings. The Morgan fingerprint density at radius 2 is 2.05 bits per heavy atom. The fraction of sp³-hybridized carbons (Fsp3) is 0.375. The SMILES string of the molecule is CCNC(c1csc(C)c1)c1ccc2c(c1)COC2. The maximum absolute atomic E-state index is 5.50. The first kappa shape index (κ1) is 12.9. The van der Waals surface area contributed by atoms with Gasteiger partial charge in [-0.1, -0.05) is 25.1 Å². The molecule has 1 aliphatic rings. The number of ether oxygens (including phenoxy) is 1. The van der Waals surface area contributed by atoms with Crippen molar-refractivity contribution >= 4 is 11.3 Å². The molecular weight excluding hydrogens is 254 g/mol. The zero-order valence-electron chi connectivity index (χ0n) is 11.4. The van der Waals surface area contributed by atoms with E-state index in [0.717, 1.165) is 19.8 Å². The number of benzene rings is 1. The lowest BCUT2D eigenvalue weighted by atomic mass is 9.97. The van der Waals surface area contributed by atoms with E-state index < -0.39 is 0 Å². The van der Waals surface area contributed by atoms with E-state index in [4.69, 9.17) is 4.74 Å². The van der Waals surface area contributed by atoms with Gasteiger partial charge in [0.05, 0.1) is 19.3 Å². The van der Waals surface area contributed by atoms with E-state index >= 15 is 0 Å². The second kappa shape index (κ2) is 5.45. The van der Waals surface area contributed by atoms with E-state index in [-0.39, 0.29) is 0 Å². The van der Waals surface area contributed by atoms with Crippen molar-refractivity contribution in [1.29, 1.82) is 0 Å². The molecule has 1 atom stereocenters. The average molecular weight is 273 g/mol. The minimum Gasteiger partial charge on any atom is -0.372 e. The molecule has 1 aromatic carbocycles. The van der Waals surface area contributed by atoms with Gasteiger partial charge in [0.2, 0.25) is 0 Å². The molecule has 1 aromatic heterocycles. The van der Waals surface area contributed by atoms with Gasteiger partial charge >= 0.3 is 0 Å².